The molecule has 1 aromatic rings. The number of aromatic nitrogens is 1. The lowest BCUT2D eigenvalue weighted by molar-refractivity contribution is -0.142. The summed E-state index contributed by atoms with van der Waals surface area (Å²) in [5.74, 6) is 0.207. The molecular weight excluding hydrogens is 424 g/mol. The molecule has 28 heavy (non-hydrogen) atoms. The van der Waals surface area contributed by atoms with Gasteiger partial charge in [-0.05, 0) is 53.7 Å². The van der Waals surface area contributed by atoms with Crippen molar-refractivity contribution in [1.82, 2.24) is 14.8 Å². The van der Waals surface area contributed by atoms with Crippen molar-refractivity contribution in [3.63, 3.8) is 0 Å². The molecule has 1 N–H and O–H groups in total. The van der Waals surface area contributed by atoms with Crippen LogP contribution in [0.2, 0.25) is 0 Å². The van der Waals surface area contributed by atoms with E-state index in [9.17, 15) is 14.4 Å². The third-order valence-corrected chi connectivity index (χ3v) is 5.98. The lowest BCUT2D eigenvalue weighted by Crippen LogP contribution is -2.50. The molecule has 0 aromatic carbocycles. The molecule has 2 aliphatic heterocycles. The Hall–Kier alpha value is -1.96. The van der Waals surface area contributed by atoms with Gasteiger partial charge in [-0.2, -0.15) is 0 Å². The summed E-state index contributed by atoms with van der Waals surface area (Å²) in [4.78, 5) is 45.4. The molecule has 2 fully saturated rings. The lowest BCUT2D eigenvalue weighted by atomic mass is 9.92. The fraction of sp³-hybridized carbons (Fsp3) is 0.600. The lowest BCUT2D eigenvalue weighted by Gasteiger charge is -2.38. The van der Waals surface area contributed by atoms with Gasteiger partial charge in [-0.1, -0.05) is 6.92 Å². The number of carbonyl (C=O) groups is 3. The largest absolute Gasteiger partial charge is 0.342 e. The van der Waals surface area contributed by atoms with E-state index in [0.717, 1.165) is 36.7 Å². The topological polar surface area (TPSA) is 82.6 Å². The highest BCUT2D eigenvalue weighted by atomic mass is 79.9. The summed E-state index contributed by atoms with van der Waals surface area (Å²) < 4.78 is 0.850. The van der Waals surface area contributed by atoms with Crippen molar-refractivity contribution in [2.24, 2.45) is 11.8 Å². The maximum Gasteiger partial charge on any atom is 0.230 e. The SMILES string of the molecule is CCC(=O)N1CCCC(C(=O)N2CCCC(C(=O)Nc3ccc(Br)cn3)C2)C1. The number of hydrogen-bond donors (Lipinski definition) is 1. The Bertz CT molecular complexity index is 725. The van der Waals surface area contributed by atoms with Crippen molar-refractivity contribution in [2.75, 3.05) is 31.5 Å². The number of pyridine rings is 1. The molecule has 0 bridgehead atoms. The average Bonchev–Trinajstić information content (AvgIpc) is 2.74. The van der Waals surface area contributed by atoms with Crippen LogP contribution in [0.1, 0.15) is 39.0 Å². The van der Waals surface area contributed by atoms with Crippen LogP contribution in [0.15, 0.2) is 22.8 Å². The minimum absolute atomic E-state index is 0.0767. The first-order chi connectivity index (χ1) is 13.5. The zero-order valence-corrected chi connectivity index (χ0v) is 17.8. The quantitative estimate of drug-likeness (QED) is 0.763. The molecule has 2 atom stereocenters. The monoisotopic (exact) mass is 450 g/mol. The summed E-state index contributed by atoms with van der Waals surface area (Å²) in [5.41, 5.74) is 0. The predicted octanol–water partition coefficient (Wildman–Crippen LogP) is 2.67. The third kappa shape index (κ3) is 5.10. The number of rotatable bonds is 4. The molecule has 7 nitrogen and oxygen atoms in total. The Morgan fingerprint density at radius 3 is 2.46 bits per heavy atom. The van der Waals surface area contributed by atoms with Gasteiger partial charge < -0.3 is 15.1 Å². The number of hydrogen-bond acceptors (Lipinski definition) is 4. The van der Waals surface area contributed by atoms with Crippen LogP contribution < -0.4 is 5.32 Å². The molecule has 2 aliphatic rings. The summed E-state index contributed by atoms with van der Waals surface area (Å²) in [6.45, 7) is 4.20. The van der Waals surface area contributed by atoms with Gasteiger partial charge in [-0.3, -0.25) is 14.4 Å². The Morgan fingerprint density at radius 2 is 1.79 bits per heavy atom. The van der Waals surface area contributed by atoms with Gasteiger partial charge in [0.15, 0.2) is 0 Å². The summed E-state index contributed by atoms with van der Waals surface area (Å²) in [7, 11) is 0. The second-order valence-corrected chi connectivity index (χ2v) is 8.42. The average molecular weight is 451 g/mol. The molecular formula is C20H27BrN4O3. The van der Waals surface area contributed by atoms with Gasteiger partial charge in [0.1, 0.15) is 5.82 Å². The van der Waals surface area contributed by atoms with E-state index in [2.05, 4.69) is 26.2 Å². The zero-order valence-electron chi connectivity index (χ0n) is 16.2. The van der Waals surface area contributed by atoms with Crippen molar-refractivity contribution in [1.29, 1.82) is 0 Å². The van der Waals surface area contributed by atoms with Crippen LogP contribution in [-0.4, -0.2) is 58.7 Å². The smallest absolute Gasteiger partial charge is 0.230 e. The van der Waals surface area contributed by atoms with E-state index in [1.807, 2.05) is 17.9 Å². The van der Waals surface area contributed by atoms with Crippen molar-refractivity contribution in [3.8, 4) is 0 Å². The van der Waals surface area contributed by atoms with Gasteiger partial charge in [0, 0.05) is 43.3 Å². The number of amides is 3. The molecule has 0 aliphatic carbocycles. The van der Waals surface area contributed by atoms with Crippen molar-refractivity contribution < 1.29 is 14.4 Å². The maximum absolute atomic E-state index is 13.0. The highest BCUT2D eigenvalue weighted by molar-refractivity contribution is 9.10. The Morgan fingerprint density at radius 1 is 1.11 bits per heavy atom. The van der Waals surface area contributed by atoms with Gasteiger partial charge in [0.25, 0.3) is 0 Å². The summed E-state index contributed by atoms with van der Waals surface area (Å²) in [5, 5.41) is 2.85. The molecule has 0 saturated carbocycles. The second kappa shape index (κ2) is 9.49. The second-order valence-electron chi connectivity index (χ2n) is 7.51. The van der Waals surface area contributed by atoms with Crippen LogP contribution in [0.25, 0.3) is 0 Å². The number of carbonyl (C=O) groups excluding carboxylic acids is 3. The van der Waals surface area contributed by atoms with Gasteiger partial charge >= 0.3 is 0 Å². The van der Waals surface area contributed by atoms with E-state index in [4.69, 9.17) is 0 Å². The van der Waals surface area contributed by atoms with E-state index >= 15 is 0 Å². The van der Waals surface area contributed by atoms with Crippen LogP contribution in [0.3, 0.4) is 0 Å². The van der Waals surface area contributed by atoms with Crippen molar-refractivity contribution in [3.05, 3.63) is 22.8 Å². The summed E-state index contributed by atoms with van der Waals surface area (Å²) in [6, 6.07) is 3.57. The molecule has 0 radical (unpaired) electrons. The fourth-order valence-electron chi connectivity index (χ4n) is 3.96. The molecule has 2 unspecified atom stereocenters. The van der Waals surface area contributed by atoms with E-state index in [0.29, 0.717) is 31.9 Å². The van der Waals surface area contributed by atoms with E-state index in [1.165, 1.54) is 0 Å². The van der Waals surface area contributed by atoms with E-state index in [-0.39, 0.29) is 29.6 Å². The van der Waals surface area contributed by atoms with Crippen LogP contribution in [-0.2, 0) is 14.4 Å². The number of likely N-dealkylation sites (tertiary alicyclic amines) is 2. The number of piperidine rings is 2. The first-order valence-electron chi connectivity index (χ1n) is 9.97. The third-order valence-electron chi connectivity index (χ3n) is 5.51. The minimum atomic E-state index is -0.236. The number of nitrogens with one attached hydrogen (secondary N) is 1. The van der Waals surface area contributed by atoms with Gasteiger partial charge in [-0.15, -0.1) is 0 Å². The molecule has 8 heteroatoms. The van der Waals surface area contributed by atoms with Crippen LogP contribution in [0, 0.1) is 11.8 Å². The van der Waals surface area contributed by atoms with E-state index < -0.39 is 0 Å². The van der Waals surface area contributed by atoms with Gasteiger partial charge in [0.2, 0.25) is 17.7 Å². The van der Waals surface area contributed by atoms with Gasteiger partial charge in [0.05, 0.1) is 11.8 Å². The molecule has 3 amide bonds. The van der Waals surface area contributed by atoms with Gasteiger partial charge in [-0.25, -0.2) is 4.98 Å². The number of halogens is 1. The van der Waals surface area contributed by atoms with Crippen molar-refractivity contribution >= 4 is 39.5 Å². The maximum atomic E-state index is 13.0. The standard InChI is InChI=1S/C20H27BrN4O3/c1-2-18(26)24-9-4-6-15(13-24)20(28)25-10-3-5-14(12-25)19(27)23-17-8-7-16(21)11-22-17/h7-8,11,14-15H,2-6,9-10,12-13H2,1H3,(H,22,23,27). The Labute approximate surface area is 174 Å². The summed E-state index contributed by atoms with van der Waals surface area (Å²) in [6.07, 6.45) is 5.34. The summed E-state index contributed by atoms with van der Waals surface area (Å²) >= 11 is 3.32. The zero-order chi connectivity index (χ0) is 20.1. The first-order valence-corrected chi connectivity index (χ1v) is 10.8. The highest BCUT2D eigenvalue weighted by Gasteiger charge is 2.34. The number of nitrogens with zero attached hydrogens (tertiary/aromatic N) is 3. The van der Waals surface area contributed by atoms with Crippen molar-refractivity contribution in [2.45, 2.75) is 39.0 Å². The molecule has 0 spiro atoms. The normalized spacial score (nSPS) is 22.6. The van der Waals surface area contributed by atoms with Crippen LogP contribution >= 0.6 is 15.9 Å². The van der Waals surface area contributed by atoms with E-state index in [1.54, 1.807) is 17.2 Å². The van der Waals surface area contributed by atoms with Crippen LogP contribution in [0.5, 0.6) is 0 Å². The Kier molecular flexibility index (Phi) is 7.04. The fourth-order valence-corrected chi connectivity index (χ4v) is 4.19. The Balaban J connectivity index is 1.57. The first kappa shape index (κ1) is 20.8. The molecule has 3 heterocycles. The predicted molar refractivity (Wildman–Crippen MR) is 109 cm³/mol. The number of anilines is 1. The molecule has 152 valence electrons. The molecule has 2 saturated heterocycles. The highest BCUT2D eigenvalue weighted by Crippen LogP contribution is 2.24. The molecule has 3 rings (SSSR count). The minimum Gasteiger partial charge on any atom is -0.342 e. The van der Waals surface area contributed by atoms with Crippen LogP contribution in [0.4, 0.5) is 5.82 Å². The molecule has 1 aromatic heterocycles.